The maximum Gasteiger partial charge on any atom is 0.274 e. The zero-order valence-electron chi connectivity index (χ0n) is 11.5. The molecule has 1 aliphatic heterocycles. The Labute approximate surface area is 118 Å². The van der Waals surface area contributed by atoms with E-state index in [1.54, 1.807) is 12.4 Å². The van der Waals surface area contributed by atoms with E-state index in [2.05, 4.69) is 9.97 Å². The normalized spacial score (nSPS) is 14.6. The topological polar surface area (TPSA) is 46.1 Å². The Morgan fingerprint density at radius 1 is 1.20 bits per heavy atom. The summed E-state index contributed by atoms with van der Waals surface area (Å²) in [5.41, 5.74) is 3.35. The van der Waals surface area contributed by atoms with E-state index in [1.165, 1.54) is 5.56 Å². The zero-order valence-corrected chi connectivity index (χ0v) is 11.5. The molecule has 20 heavy (non-hydrogen) atoms. The molecule has 0 aliphatic carbocycles. The van der Waals surface area contributed by atoms with Crippen molar-refractivity contribution in [3.63, 3.8) is 0 Å². The first kappa shape index (κ1) is 12.8. The third-order valence-electron chi connectivity index (χ3n) is 3.56. The standard InChI is InChI=1S/C16H17N3O/c1-12-5-4-6-13(9-12)14-10-17-11-15(18-14)16(20)19-7-2-3-8-19/h4-6,9-11H,2-3,7-8H2,1H3. The summed E-state index contributed by atoms with van der Waals surface area (Å²) in [4.78, 5) is 22.8. The zero-order chi connectivity index (χ0) is 13.9. The van der Waals surface area contributed by atoms with Gasteiger partial charge in [-0.1, -0.05) is 23.8 Å². The Hall–Kier alpha value is -2.23. The monoisotopic (exact) mass is 267 g/mol. The summed E-state index contributed by atoms with van der Waals surface area (Å²) in [7, 11) is 0. The Bertz CT molecular complexity index is 633. The van der Waals surface area contributed by atoms with E-state index < -0.39 is 0 Å². The third-order valence-corrected chi connectivity index (χ3v) is 3.56. The van der Waals surface area contributed by atoms with Crippen molar-refractivity contribution in [3.05, 3.63) is 47.9 Å². The predicted molar refractivity (Wildman–Crippen MR) is 77.3 cm³/mol. The lowest BCUT2D eigenvalue weighted by molar-refractivity contribution is 0.0786. The number of aromatic nitrogens is 2. The highest BCUT2D eigenvalue weighted by Crippen LogP contribution is 2.18. The van der Waals surface area contributed by atoms with Crippen LogP contribution in [0.1, 0.15) is 28.9 Å². The van der Waals surface area contributed by atoms with Crippen molar-refractivity contribution in [2.75, 3.05) is 13.1 Å². The minimum absolute atomic E-state index is 0.00972. The molecular formula is C16H17N3O. The van der Waals surface area contributed by atoms with Crippen LogP contribution in [0, 0.1) is 6.92 Å². The molecule has 1 aromatic carbocycles. The van der Waals surface area contributed by atoms with Gasteiger partial charge in [0.25, 0.3) is 5.91 Å². The van der Waals surface area contributed by atoms with Gasteiger partial charge in [0.1, 0.15) is 5.69 Å². The maximum absolute atomic E-state index is 12.3. The fourth-order valence-electron chi connectivity index (χ4n) is 2.49. The fraction of sp³-hybridized carbons (Fsp3) is 0.312. The van der Waals surface area contributed by atoms with E-state index in [0.29, 0.717) is 5.69 Å². The van der Waals surface area contributed by atoms with Gasteiger partial charge in [0.15, 0.2) is 0 Å². The van der Waals surface area contributed by atoms with Crippen LogP contribution in [0.5, 0.6) is 0 Å². The van der Waals surface area contributed by atoms with Gasteiger partial charge in [-0.15, -0.1) is 0 Å². The number of carbonyl (C=O) groups excluding carboxylic acids is 1. The second-order valence-corrected chi connectivity index (χ2v) is 5.16. The first-order valence-corrected chi connectivity index (χ1v) is 6.92. The van der Waals surface area contributed by atoms with E-state index in [-0.39, 0.29) is 5.91 Å². The summed E-state index contributed by atoms with van der Waals surface area (Å²) < 4.78 is 0. The summed E-state index contributed by atoms with van der Waals surface area (Å²) in [6.45, 7) is 3.69. The van der Waals surface area contributed by atoms with Gasteiger partial charge < -0.3 is 4.90 Å². The van der Waals surface area contributed by atoms with Crippen LogP contribution in [0.15, 0.2) is 36.7 Å². The van der Waals surface area contributed by atoms with Crippen molar-refractivity contribution in [2.45, 2.75) is 19.8 Å². The van der Waals surface area contributed by atoms with Crippen molar-refractivity contribution in [1.29, 1.82) is 0 Å². The first-order valence-electron chi connectivity index (χ1n) is 6.92. The second-order valence-electron chi connectivity index (χ2n) is 5.16. The first-order chi connectivity index (χ1) is 9.74. The summed E-state index contributed by atoms with van der Waals surface area (Å²) in [6, 6.07) is 8.06. The quantitative estimate of drug-likeness (QED) is 0.840. The van der Waals surface area contributed by atoms with Gasteiger partial charge >= 0.3 is 0 Å². The minimum atomic E-state index is -0.00972. The number of amides is 1. The second kappa shape index (κ2) is 5.41. The summed E-state index contributed by atoms with van der Waals surface area (Å²) in [5, 5.41) is 0. The number of likely N-dealkylation sites (tertiary alicyclic amines) is 1. The molecule has 0 atom stereocenters. The van der Waals surface area contributed by atoms with Gasteiger partial charge in [-0.3, -0.25) is 9.78 Å². The lowest BCUT2D eigenvalue weighted by atomic mass is 10.1. The Balaban J connectivity index is 1.91. The van der Waals surface area contributed by atoms with E-state index in [9.17, 15) is 4.79 Å². The van der Waals surface area contributed by atoms with E-state index in [0.717, 1.165) is 37.2 Å². The Morgan fingerprint density at radius 2 is 2.00 bits per heavy atom. The fourth-order valence-corrected chi connectivity index (χ4v) is 2.49. The molecule has 0 radical (unpaired) electrons. The Morgan fingerprint density at radius 3 is 2.75 bits per heavy atom. The molecule has 102 valence electrons. The summed E-state index contributed by atoms with van der Waals surface area (Å²) in [5.74, 6) is -0.00972. The van der Waals surface area contributed by atoms with Crippen molar-refractivity contribution in [1.82, 2.24) is 14.9 Å². The highest BCUT2D eigenvalue weighted by Gasteiger charge is 2.21. The van der Waals surface area contributed by atoms with Crippen LogP contribution in [-0.4, -0.2) is 33.9 Å². The molecule has 1 amide bonds. The number of hydrogen-bond acceptors (Lipinski definition) is 3. The highest BCUT2D eigenvalue weighted by atomic mass is 16.2. The molecule has 0 N–H and O–H groups in total. The largest absolute Gasteiger partial charge is 0.337 e. The molecule has 1 aliphatic rings. The predicted octanol–water partition coefficient (Wildman–Crippen LogP) is 2.69. The van der Waals surface area contributed by atoms with Crippen LogP contribution in [0.2, 0.25) is 0 Å². The lowest BCUT2D eigenvalue weighted by Gasteiger charge is -2.14. The average Bonchev–Trinajstić information content (AvgIpc) is 3.01. The number of benzene rings is 1. The molecule has 0 unspecified atom stereocenters. The molecule has 1 saturated heterocycles. The molecule has 1 fully saturated rings. The number of carbonyl (C=O) groups is 1. The highest BCUT2D eigenvalue weighted by molar-refractivity contribution is 5.92. The molecule has 4 nitrogen and oxygen atoms in total. The molecule has 3 rings (SSSR count). The lowest BCUT2D eigenvalue weighted by Crippen LogP contribution is -2.28. The smallest absolute Gasteiger partial charge is 0.274 e. The van der Waals surface area contributed by atoms with Crippen molar-refractivity contribution in [2.24, 2.45) is 0 Å². The van der Waals surface area contributed by atoms with E-state index in [1.807, 2.05) is 36.1 Å². The van der Waals surface area contributed by atoms with Gasteiger partial charge in [0.05, 0.1) is 18.1 Å². The molecule has 0 saturated carbocycles. The average molecular weight is 267 g/mol. The molecule has 2 heterocycles. The van der Waals surface area contributed by atoms with E-state index in [4.69, 9.17) is 0 Å². The molecule has 0 bridgehead atoms. The van der Waals surface area contributed by atoms with Crippen LogP contribution >= 0.6 is 0 Å². The number of rotatable bonds is 2. The molecule has 2 aromatic rings. The number of hydrogen-bond donors (Lipinski definition) is 0. The van der Waals surface area contributed by atoms with Crippen LogP contribution in [0.4, 0.5) is 0 Å². The summed E-state index contributed by atoms with van der Waals surface area (Å²) in [6.07, 6.45) is 5.42. The minimum Gasteiger partial charge on any atom is -0.337 e. The Kier molecular flexibility index (Phi) is 3.46. The SMILES string of the molecule is Cc1cccc(-c2cncc(C(=O)N3CCCC3)n2)c1. The van der Waals surface area contributed by atoms with Crippen molar-refractivity contribution in [3.8, 4) is 11.3 Å². The van der Waals surface area contributed by atoms with Gasteiger partial charge in [0.2, 0.25) is 0 Å². The van der Waals surface area contributed by atoms with Crippen LogP contribution < -0.4 is 0 Å². The van der Waals surface area contributed by atoms with Crippen molar-refractivity contribution >= 4 is 5.91 Å². The van der Waals surface area contributed by atoms with Gasteiger partial charge in [-0.25, -0.2) is 4.98 Å². The number of aryl methyl sites for hydroxylation is 1. The molecule has 0 spiro atoms. The van der Waals surface area contributed by atoms with Crippen molar-refractivity contribution < 1.29 is 4.79 Å². The maximum atomic E-state index is 12.3. The van der Waals surface area contributed by atoms with Crippen LogP contribution in [0.25, 0.3) is 11.3 Å². The van der Waals surface area contributed by atoms with Gasteiger partial charge in [0, 0.05) is 18.7 Å². The van der Waals surface area contributed by atoms with Gasteiger partial charge in [-0.05, 0) is 25.8 Å². The molecule has 1 aromatic heterocycles. The number of nitrogens with zero attached hydrogens (tertiary/aromatic N) is 3. The van der Waals surface area contributed by atoms with Crippen LogP contribution in [0.3, 0.4) is 0 Å². The summed E-state index contributed by atoms with van der Waals surface area (Å²) >= 11 is 0. The van der Waals surface area contributed by atoms with E-state index >= 15 is 0 Å². The van der Waals surface area contributed by atoms with Crippen LogP contribution in [-0.2, 0) is 0 Å². The third kappa shape index (κ3) is 2.54. The molecule has 4 heteroatoms. The van der Waals surface area contributed by atoms with Gasteiger partial charge in [-0.2, -0.15) is 0 Å². The molecular weight excluding hydrogens is 250 g/mol.